The Kier molecular flexibility index (Phi) is 3.88. The van der Waals surface area contributed by atoms with Crippen LogP contribution < -0.4 is 16.4 Å². The lowest BCUT2D eigenvalue weighted by molar-refractivity contribution is 0.477. The molecule has 0 aliphatic carbocycles. The van der Waals surface area contributed by atoms with Crippen molar-refractivity contribution in [2.45, 2.75) is 12.5 Å². The van der Waals surface area contributed by atoms with E-state index >= 15 is 0 Å². The van der Waals surface area contributed by atoms with Crippen molar-refractivity contribution < 1.29 is 5.11 Å². The van der Waals surface area contributed by atoms with Crippen LogP contribution in [0.1, 0.15) is 12.1 Å². The van der Waals surface area contributed by atoms with Gasteiger partial charge in [0, 0.05) is 18.2 Å². The van der Waals surface area contributed by atoms with Crippen LogP contribution in [0.4, 0.5) is 5.69 Å². The zero-order valence-electron chi connectivity index (χ0n) is 12.0. The van der Waals surface area contributed by atoms with E-state index in [1.165, 1.54) is 0 Å². The number of amidine groups is 1. The maximum atomic E-state index is 9.95. The highest BCUT2D eigenvalue weighted by Gasteiger charge is 2.18. The van der Waals surface area contributed by atoms with E-state index in [1.807, 2.05) is 6.07 Å². The summed E-state index contributed by atoms with van der Waals surface area (Å²) in [5, 5.41) is 32.3. The van der Waals surface area contributed by atoms with Crippen molar-refractivity contribution in [1.82, 2.24) is 15.5 Å². The molecule has 0 radical (unpaired) electrons. The number of rotatable bonds is 4. The predicted octanol–water partition coefficient (Wildman–Crippen LogP) is 0.907. The smallest absolute Gasteiger partial charge is 0.150 e. The van der Waals surface area contributed by atoms with Crippen LogP contribution in [0.2, 0.25) is 0 Å². The molecule has 6 N–H and O–H groups in total. The molecule has 1 unspecified atom stereocenters. The van der Waals surface area contributed by atoms with E-state index in [9.17, 15) is 5.11 Å². The van der Waals surface area contributed by atoms with E-state index in [2.05, 4.69) is 20.8 Å². The number of nitrogens with one attached hydrogen (secondary N) is 3. The van der Waals surface area contributed by atoms with Crippen molar-refractivity contribution in [3.8, 4) is 17.0 Å². The van der Waals surface area contributed by atoms with Crippen molar-refractivity contribution >= 4 is 11.5 Å². The second-order valence-corrected chi connectivity index (χ2v) is 5.26. The van der Waals surface area contributed by atoms with Gasteiger partial charge in [-0.1, -0.05) is 12.1 Å². The Hall–Kier alpha value is -2.67. The van der Waals surface area contributed by atoms with Crippen LogP contribution in [0.25, 0.3) is 11.3 Å². The van der Waals surface area contributed by atoms with E-state index in [1.54, 1.807) is 24.3 Å². The summed E-state index contributed by atoms with van der Waals surface area (Å²) in [6.07, 6.45) is 0.992. The number of nitrogens with two attached hydrogens (primary N) is 1. The van der Waals surface area contributed by atoms with Crippen molar-refractivity contribution in [2.24, 2.45) is 5.73 Å². The van der Waals surface area contributed by atoms with E-state index in [-0.39, 0.29) is 17.6 Å². The lowest BCUT2D eigenvalue weighted by Crippen LogP contribution is -2.25. The largest absolute Gasteiger partial charge is 0.507 e. The van der Waals surface area contributed by atoms with Gasteiger partial charge in [-0.3, -0.25) is 5.41 Å². The minimum Gasteiger partial charge on any atom is -0.507 e. The van der Waals surface area contributed by atoms with Gasteiger partial charge in [-0.15, -0.1) is 10.2 Å². The van der Waals surface area contributed by atoms with Gasteiger partial charge >= 0.3 is 0 Å². The number of phenols is 1. The summed E-state index contributed by atoms with van der Waals surface area (Å²) in [6.45, 7) is 1.81. The first-order chi connectivity index (χ1) is 10.6. The minimum atomic E-state index is -0.134. The van der Waals surface area contributed by atoms with Gasteiger partial charge < -0.3 is 21.5 Å². The molecule has 1 aliphatic rings. The fraction of sp³-hybridized carbons (Fsp3) is 0.267. The van der Waals surface area contributed by atoms with Gasteiger partial charge in [0.05, 0.1) is 11.4 Å². The molecule has 7 nitrogen and oxygen atoms in total. The number of anilines is 1. The molecule has 0 saturated carbocycles. The summed E-state index contributed by atoms with van der Waals surface area (Å²) in [5.41, 5.74) is 7.70. The quantitative estimate of drug-likeness (QED) is 0.423. The van der Waals surface area contributed by atoms with Crippen molar-refractivity contribution in [1.29, 1.82) is 5.41 Å². The van der Waals surface area contributed by atoms with Crippen LogP contribution in [0.5, 0.6) is 5.75 Å². The number of phenolic OH excluding ortho intramolecular Hbond substituents is 1. The molecule has 1 aromatic carbocycles. The molecule has 0 bridgehead atoms. The Morgan fingerprint density at radius 3 is 2.86 bits per heavy atom. The van der Waals surface area contributed by atoms with Gasteiger partial charge in [0.15, 0.2) is 5.69 Å². The number of hydrogen-bond acceptors (Lipinski definition) is 6. The molecule has 3 rings (SSSR count). The number of benzene rings is 1. The van der Waals surface area contributed by atoms with Gasteiger partial charge in [-0.05, 0) is 31.2 Å². The van der Waals surface area contributed by atoms with Gasteiger partial charge in [0.25, 0.3) is 0 Å². The third kappa shape index (κ3) is 2.84. The molecule has 0 amide bonds. The Morgan fingerprint density at radius 2 is 2.18 bits per heavy atom. The number of aromatic nitrogens is 2. The normalized spacial score (nSPS) is 17.4. The number of nitrogen functional groups attached to an aromatic ring is 1. The van der Waals surface area contributed by atoms with Crippen LogP contribution in [0, 0.1) is 5.41 Å². The Morgan fingerprint density at radius 1 is 1.36 bits per heavy atom. The first kappa shape index (κ1) is 14.3. The van der Waals surface area contributed by atoms with Gasteiger partial charge in [0.1, 0.15) is 11.6 Å². The number of aromatic hydroxyl groups is 1. The second-order valence-electron chi connectivity index (χ2n) is 5.26. The maximum Gasteiger partial charge on any atom is 0.150 e. The molecule has 1 aliphatic heterocycles. The van der Waals surface area contributed by atoms with Crippen LogP contribution in [-0.4, -0.2) is 40.3 Å². The molecular weight excluding hydrogens is 280 g/mol. The molecule has 2 aromatic rings. The Bertz CT molecular complexity index is 696. The average Bonchev–Trinajstić information content (AvgIpc) is 3.00. The molecule has 1 aromatic heterocycles. The second kappa shape index (κ2) is 5.98. The molecule has 1 saturated heterocycles. The standard InChI is InChI=1S/C15H18N6O/c16-15(17)14-12(19-9-5-6-18-8-9)7-11(20-21-14)10-3-1-2-4-13(10)22/h1-4,7,9,18,22H,5-6,8H2,(H3,16,17)(H,19,20). The zero-order chi connectivity index (χ0) is 15.5. The molecule has 114 valence electrons. The topological polar surface area (TPSA) is 120 Å². The molecule has 2 heterocycles. The SMILES string of the molecule is N=C(N)c1nnc(-c2ccccc2O)cc1NC1CCNC1. The fourth-order valence-electron chi connectivity index (χ4n) is 2.52. The molecule has 7 heteroatoms. The highest BCUT2D eigenvalue weighted by atomic mass is 16.3. The maximum absolute atomic E-state index is 9.95. The lowest BCUT2D eigenvalue weighted by atomic mass is 10.1. The number of para-hydroxylation sites is 1. The van der Waals surface area contributed by atoms with Crippen molar-refractivity contribution in [3.63, 3.8) is 0 Å². The summed E-state index contributed by atoms with van der Waals surface area (Å²) >= 11 is 0. The van der Waals surface area contributed by atoms with Crippen LogP contribution in [-0.2, 0) is 0 Å². The van der Waals surface area contributed by atoms with E-state index < -0.39 is 0 Å². The van der Waals surface area contributed by atoms with E-state index in [4.69, 9.17) is 11.1 Å². The van der Waals surface area contributed by atoms with Crippen LogP contribution in [0.15, 0.2) is 30.3 Å². The van der Waals surface area contributed by atoms with E-state index in [0.717, 1.165) is 19.5 Å². The summed E-state index contributed by atoms with van der Waals surface area (Å²) in [5.74, 6) is 0.00523. The van der Waals surface area contributed by atoms with E-state index in [0.29, 0.717) is 22.6 Å². The highest BCUT2D eigenvalue weighted by Crippen LogP contribution is 2.29. The van der Waals surface area contributed by atoms with Crippen LogP contribution >= 0.6 is 0 Å². The number of hydrogen-bond donors (Lipinski definition) is 5. The summed E-state index contributed by atoms with van der Waals surface area (Å²) in [4.78, 5) is 0. The Labute approximate surface area is 128 Å². The van der Waals surface area contributed by atoms with Gasteiger partial charge in [-0.25, -0.2) is 0 Å². The molecular formula is C15H18N6O. The third-order valence-electron chi connectivity index (χ3n) is 3.65. The average molecular weight is 298 g/mol. The third-order valence-corrected chi connectivity index (χ3v) is 3.65. The van der Waals surface area contributed by atoms with Crippen molar-refractivity contribution in [3.05, 3.63) is 36.0 Å². The molecule has 22 heavy (non-hydrogen) atoms. The molecule has 0 spiro atoms. The fourth-order valence-corrected chi connectivity index (χ4v) is 2.52. The summed E-state index contributed by atoms with van der Waals surface area (Å²) < 4.78 is 0. The minimum absolute atomic E-state index is 0.134. The Balaban J connectivity index is 1.99. The summed E-state index contributed by atoms with van der Waals surface area (Å²) in [6, 6.07) is 8.98. The monoisotopic (exact) mass is 298 g/mol. The van der Waals surface area contributed by atoms with Gasteiger partial charge in [-0.2, -0.15) is 0 Å². The highest BCUT2D eigenvalue weighted by molar-refractivity contribution is 5.98. The number of nitrogens with zero attached hydrogens (tertiary/aromatic N) is 2. The lowest BCUT2D eigenvalue weighted by Gasteiger charge is -2.16. The first-order valence-electron chi connectivity index (χ1n) is 7.13. The predicted molar refractivity (Wildman–Crippen MR) is 85.0 cm³/mol. The van der Waals surface area contributed by atoms with Crippen LogP contribution in [0.3, 0.4) is 0 Å². The molecule has 1 atom stereocenters. The molecule has 1 fully saturated rings. The first-order valence-corrected chi connectivity index (χ1v) is 7.13. The van der Waals surface area contributed by atoms with Gasteiger partial charge in [0.2, 0.25) is 0 Å². The summed E-state index contributed by atoms with van der Waals surface area (Å²) in [7, 11) is 0. The van der Waals surface area contributed by atoms with Crippen molar-refractivity contribution in [2.75, 3.05) is 18.4 Å². The zero-order valence-corrected chi connectivity index (χ0v) is 12.0.